The molecule has 0 aromatic heterocycles. The van der Waals surface area contributed by atoms with Gasteiger partial charge in [0.15, 0.2) is 0 Å². The molecule has 0 spiro atoms. The lowest BCUT2D eigenvalue weighted by Gasteiger charge is -2.05. The summed E-state index contributed by atoms with van der Waals surface area (Å²) >= 11 is 0. The first-order valence-corrected chi connectivity index (χ1v) is 4.22. The SMILES string of the molecule is C.C.C.C.CCOc1cccc(OCC)c1. The minimum Gasteiger partial charge on any atom is -0.494 e. The average Bonchev–Trinajstić information content (AvgIpc) is 2.06. The monoisotopic (exact) mass is 230 g/mol. The van der Waals surface area contributed by atoms with Crippen LogP contribution in [0.4, 0.5) is 0 Å². The summed E-state index contributed by atoms with van der Waals surface area (Å²) in [5.74, 6) is 1.73. The van der Waals surface area contributed by atoms with Crippen LogP contribution in [0.2, 0.25) is 0 Å². The van der Waals surface area contributed by atoms with Gasteiger partial charge in [0.2, 0.25) is 0 Å². The fraction of sp³-hybridized carbons (Fsp3) is 0.571. The van der Waals surface area contributed by atoms with Gasteiger partial charge in [0.1, 0.15) is 11.5 Å². The molecule has 1 rings (SSSR count). The number of hydrogen-bond acceptors (Lipinski definition) is 2. The Morgan fingerprint density at radius 2 is 1.19 bits per heavy atom. The van der Waals surface area contributed by atoms with Gasteiger partial charge in [0, 0.05) is 6.07 Å². The van der Waals surface area contributed by atoms with Crippen LogP contribution in [0.25, 0.3) is 0 Å². The lowest BCUT2D eigenvalue weighted by atomic mass is 10.3. The predicted octanol–water partition coefficient (Wildman–Crippen LogP) is 5.03. The molecule has 0 unspecified atom stereocenters. The molecule has 2 heteroatoms. The summed E-state index contributed by atoms with van der Waals surface area (Å²) in [6, 6.07) is 7.67. The second kappa shape index (κ2) is 13.8. The molecular weight excluding hydrogens is 200 g/mol. The predicted molar refractivity (Wildman–Crippen MR) is 75.7 cm³/mol. The number of ether oxygens (including phenoxy) is 2. The van der Waals surface area contributed by atoms with Crippen molar-refractivity contribution in [2.75, 3.05) is 13.2 Å². The highest BCUT2D eigenvalue weighted by molar-refractivity contribution is 5.32. The van der Waals surface area contributed by atoms with Gasteiger partial charge in [0.25, 0.3) is 0 Å². The Kier molecular flexibility index (Phi) is 20.9. The van der Waals surface area contributed by atoms with Crippen LogP contribution in [0, 0.1) is 0 Å². The molecule has 0 N–H and O–H groups in total. The maximum atomic E-state index is 5.31. The molecule has 0 amide bonds. The Labute approximate surface area is 103 Å². The van der Waals surface area contributed by atoms with Crippen molar-refractivity contribution in [3.8, 4) is 11.5 Å². The molecule has 0 aliphatic heterocycles. The van der Waals surface area contributed by atoms with E-state index in [0.29, 0.717) is 13.2 Å². The quantitative estimate of drug-likeness (QED) is 0.722. The Bertz CT molecular complexity index is 213. The Balaban J connectivity index is -0.000000180. The van der Waals surface area contributed by atoms with E-state index in [4.69, 9.17) is 9.47 Å². The van der Waals surface area contributed by atoms with E-state index in [-0.39, 0.29) is 29.7 Å². The first-order valence-electron chi connectivity index (χ1n) is 4.22. The Morgan fingerprint density at radius 3 is 1.50 bits per heavy atom. The van der Waals surface area contributed by atoms with Crippen LogP contribution in [0.3, 0.4) is 0 Å². The van der Waals surface area contributed by atoms with Crippen LogP contribution in [0.1, 0.15) is 43.6 Å². The molecule has 0 atom stereocenters. The molecule has 0 saturated heterocycles. The first kappa shape index (κ1) is 24.2. The number of hydrogen-bond donors (Lipinski definition) is 0. The second-order valence-corrected chi connectivity index (χ2v) is 2.34. The van der Waals surface area contributed by atoms with Crippen molar-refractivity contribution < 1.29 is 9.47 Å². The summed E-state index contributed by atoms with van der Waals surface area (Å²) in [5, 5.41) is 0. The third kappa shape index (κ3) is 8.16. The van der Waals surface area contributed by atoms with Crippen molar-refractivity contribution in [1.29, 1.82) is 0 Å². The normalized spacial score (nSPS) is 7.12. The van der Waals surface area contributed by atoms with E-state index in [1.54, 1.807) is 0 Å². The van der Waals surface area contributed by atoms with E-state index in [1.165, 1.54) is 0 Å². The lowest BCUT2D eigenvalue weighted by molar-refractivity contribution is 0.323. The molecule has 16 heavy (non-hydrogen) atoms. The molecule has 0 saturated carbocycles. The zero-order chi connectivity index (χ0) is 8.81. The fourth-order valence-corrected chi connectivity index (χ4v) is 0.987. The molecule has 0 heterocycles. The molecule has 0 aliphatic rings. The van der Waals surface area contributed by atoms with Crippen molar-refractivity contribution in [2.24, 2.45) is 0 Å². The van der Waals surface area contributed by atoms with E-state index >= 15 is 0 Å². The van der Waals surface area contributed by atoms with Crippen molar-refractivity contribution in [1.82, 2.24) is 0 Å². The van der Waals surface area contributed by atoms with Gasteiger partial charge in [-0.05, 0) is 26.0 Å². The van der Waals surface area contributed by atoms with Crippen molar-refractivity contribution >= 4 is 0 Å². The van der Waals surface area contributed by atoms with Gasteiger partial charge in [-0.25, -0.2) is 0 Å². The summed E-state index contributed by atoms with van der Waals surface area (Å²) in [6.07, 6.45) is 0. The summed E-state index contributed by atoms with van der Waals surface area (Å²) < 4.78 is 10.6. The zero-order valence-electron chi connectivity index (χ0n) is 7.54. The molecule has 1 aromatic rings. The van der Waals surface area contributed by atoms with Gasteiger partial charge in [-0.1, -0.05) is 35.8 Å². The smallest absolute Gasteiger partial charge is 0.122 e. The van der Waals surface area contributed by atoms with Crippen molar-refractivity contribution in [3.05, 3.63) is 24.3 Å². The highest BCUT2D eigenvalue weighted by Crippen LogP contribution is 2.18. The van der Waals surface area contributed by atoms with Gasteiger partial charge in [-0.3, -0.25) is 0 Å². The minimum atomic E-state index is 0. The highest BCUT2D eigenvalue weighted by atomic mass is 16.5. The number of rotatable bonds is 4. The van der Waals surface area contributed by atoms with Crippen LogP contribution in [0.5, 0.6) is 11.5 Å². The van der Waals surface area contributed by atoms with E-state index < -0.39 is 0 Å². The Morgan fingerprint density at radius 1 is 0.812 bits per heavy atom. The van der Waals surface area contributed by atoms with Gasteiger partial charge >= 0.3 is 0 Å². The lowest BCUT2D eigenvalue weighted by Crippen LogP contribution is -1.94. The maximum Gasteiger partial charge on any atom is 0.122 e. The molecule has 0 bridgehead atoms. The van der Waals surface area contributed by atoms with E-state index in [0.717, 1.165) is 11.5 Å². The summed E-state index contributed by atoms with van der Waals surface area (Å²) in [7, 11) is 0. The van der Waals surface area contributed by atoms with E-state index in [2.05, 4.69) is 0 Å². The van der Waals surface area contributed by atoms with Gasteiger partial charge in [0.05, 0.1) is 13.2 Å². The molecule has 2 nitrogen and oxygen atoms in total. The van der Waals surface area contributed by atoms with Crippen LogP contribution >= 0.6 is 0 Å². The molecule has 0 radical (unpaired) electrons. The van der Waals surface area contributed by atoms with Crippen LogP contribution in [-0.2, 0) is 0 Å². The van der Waals surface area contributed by atoms with Crippen LogP contribution in [0.15, 0.2) is 24.3 Å². The third-order valence-corrected chi connectivity index (χ3v) is 1.43. The van der Waals surface area contributed by atoms with Crippen molar-refractivity contribution in [3.63, 3.8) is 0 Å². The largest absolute Gasteiger partial charge is 0.494 e. The highest BCUT2D eigenvalue weighted by Gasteiger charge is 1.94. The molecule has 0 aliphatic carbocycles. The molecule has 98 valence electrons. The second-order valence-electron chi connectivity index (χ2n) is 2.34. The van der Waals surface area contributed by atoms with Crippen LogP contribution < -0.4 is 9.47 Å². The van der Waals surface area contributed by atoms with E-state index in [1.807, 2.05) is 38.1 Å². The molecular formula is C14H30O2. The maximum absolute atomic E-state index is 5.31. The topological polar surface area (TPSA) is 18.5 Å². The zero-order valence-corrected chi connectivity index (χ0v) is 7.54. The Hall–Kier alpha value is -1.18. The standard InChI is InChI=1S/C10H14O2.4CH4/c1-3-11-9-6-5-7-10(8-9)12-4-2;;;;/h5-8H,3-4H2,1-2H3;4*1H4. The molecule has 1 aromatic carbocycles. The summed E-state index contributed by atoms with van der Waals surface area (Å²) in [5.41, 5.74) is 0. The van der Waals surface area contributed by atoms with E-state index in [9.17, 15) is 0 Å². The van der Waals surface area contributed by atoms with Gasteiger partial charge in [-0.2, -0.15) is 0 Å². The van der Waals surface area contributed by atoms with Crippen molar-refractivity contribution in [2.45, 2.75) is 43.6 Å². The average molecular weight is 230 g/mol. The summed E-state index contributed by atoms with van der Waals surface area (Å²) in [6.45, 7) is 5.31. The van der Waals surface area contributed by atoms with Crippen LogP contribution in [-0.4, -0.2) is 13.2 Å². The summed E-state index contributed by atoms with van der Waals surface area (Å²) in [4.78, 5) is 0. The fourth-order valence-electron chi connectivity index (χ4n) is 0.987. The molecule has 0 fully saturated rings. The third-order valence-electron chi connectivity index (χ3n) is 1.43. The van der Waals surface area contributed by atoms with Gasteiger partial charge < -0.3 is 9.47 Å². The first-order chi connectivity index (χ1) is 5.86. The minimum absolute atomic E-state index is 0. The van der Waals surface area contributed by atoms with Gasteiger partial charge in [-0.15, -0.1) is 0 Å². The number of benzene rings is 1.